The van der Waals surface area contributed by atoms with Gasteiger partial charge in [-0.1, -0.05) is 13.8 Å². The van der Waals surface area contributed by atoms with Crippen LogP contribution in [0.15, 0.2) is 18.2 Å². The van der Waals surface area contributed by atoms with E-state index in [0.29, 0.717) is 5.92 Å². The van der Waals surface area contributed by atoms with E-state index in [0.717, 1.165) is 18.5 Å². The molecule has 0 spiro atoms. The first-order valence-electron chi connectivity index (χ1n) is 6.64. The Bertz CT molecular complexity index is 454. The van der Waals surface area contributed by atoms with Gasteiger partial charge in [-0.25, -0.2) is 0 Å². The van der Waals surface area contributed by atoms with E-state index >= 15 is 0 Å². The van der Waals surface area contributed by atoms with Crippen LogP contribution in [0, 0.1) is 5.92 Å². The summed E-state index contributed by atoms with van der Waals surface area (Å²) in [6, 6.07) is 6.22. The molecule has 0 radical (unpaired) electrons. The second kappa shape index (κ2) is 5.01. The molecule has 18 heavy (non-hydrogen) atoms. The fraction of sp³-hybridized carbons (Fsp3) is 0.533. The van der Waals surface area contributed by atoms with Crippen molar-refractivity contribution in [3.63, 3.8) is 0 Å². The van der Waals surface area contributed by atoms with Gasteiger partial charge in [0.15, 0.2) is 0 Å². The number of hydrogen-bond acceptors (Lipinski definition) is 2. The number of benzene rings is 1. The molecule has 0 aliphatic carbocycles. The Balaban J connectivity index is 2.19. The molecule has 0 saturated heterocycles. The average Bonchev–Trinajstić information content (AvgIpc) is 2.82. The molecule has 3 heteroatoms. The fourth-order valence-corrected chi connectivity index (χ4v) is 2.27. The Labute approximate surface area is 109 Å². The minimum Gasteiger partial charge on any atom is -0.384 e. The maximum atomic E-state index is 12.4. The van der Waals surface area contributed by atoms with E-state index in [2.05, 4.69) is 26.1 Å². The molecule has 0 aromatic heterocycles. The lowest BCUT2D eigenvalue weighted by molar-refractivity contribution is 0.0707. The van der Waals surface area contributed by atoms with Gasteiger partial charge in [0.25, 0.3) is 5.91 Å². The number of carbonyl (C=O) groups excluding carboxylic acids is 1. The van der Waals surface area contributed by atoms with Crippen molar-refractivity contribution in [2.45, 2.75) is 33.2 Å². The lowest BCUT2D eigenvalue weighted by Crippen LogP contribution is -2.38. The first-order valence-corrected chi connectivity index (χ1v) is 6.64. The van der Waals surface area contributed by atoms with Crippen LogP contribution in [-0.2, 0) is 6.42 Å². The van der Waals surface area contributed by atoms with Crippen LogP contribution in [0.2, 0.25) is 0 Å². The Morgan fingerprint density at radius 1 is 1.33 bits per heavy atom. The lowest BCUT2D eigenvalue weighted by Gasteiger charge is -2.28. The number of nitrogens with one attached hydrogen (secondary N) is 1. The second-order valence-corrected chi connectivity index (χ2v) is 5.45. The maximum absolute atomic E-state index is 12.4. The largest absolute Gasteiger partial charge is 0.384 e. The number of hydrogen-bond donors (Lipinski definition) is 1. The molecular weight excluding hydrogens is 224 g/mol. The topological polar surface area (TPSA) is 32.3 Å². The molecule has 1 aliphatic rings. The van der Waals surface area contributed by atoms with Gasteiger partial charge in [-0.2, -0.15) is 0 Å². The number of rotatable bonds is 3. The van der Waals surface area contributed by atoms with Gasteiger partial charge in [-0.05, 0) is 43.0 Å². The molecule has 0 saturated carbocycles. The van der Waals surface area contributed by atoms with Crippen LogP contribution in [0.4, 0.5) is 5.69 Å². The summed E-state index contributed by atoms with van der Waals surface area (Å²) in [5, 5.41) is 3.31. The average molecular weight is 246 g/mol. The van der Waals surface area contributed by atoms with Crippen molar-refractivity contribution in [1.29, 1.82) is 0 Å². The van der Waals surface area contributed by atoms with Gasteiger partial charge < -0.3 is 10.2 Å². The Kier molecular flexibility index (Phi) is 3.60. The quantitative estimate of drug-likeness (QED) is 0.889. The van der Waals surface area contributed by atoms with Crippen LogP contribution < -0.4 is 5.32 Å². The maximum Gasteiger partial charge on any atom is 0.253 e. The third kappa shape index (κ3) is 2.35. The van der Waals surface area contributed by atoms with Crippen LogP contribution in [0.5, 0.6) is 0 Å². The van der Waals surface area contributed by atoms with Gasteiger partial charge in [-0.3, -0.25) is 4.79 Å². The number of nitrogens with zero attached hydrogens (tertiary/aromatic N) is 1. The standard InChI is InChI=1S/C15H22N2O/c1-10(2)11(3)17(4)15(18)13-5-6-14-12(9-13)7-8-16-14/h5-6,9-11,16H,7-8H2,1-4H3/t11-/m1/s1. The predicted octanol–water partition coefficient (Wildman–Crippen LogP) is 2.77. The third-order valence-corrected chi connectivity index (χ3v) is 3.96. The van der Waals surface area contributed by atoms with Gasteiger partial charge in [0, 0.05) is 30.9 Å². The van der Waals surface area contributed by atoms with Gasteiger partial charge in [0.05, 0.1) is 0 Å². The summed E-state index contributed by atoms with van der Waals surface area (Å²) in [6.45, 7) is 7.35. The van der Waals surface area contributed by atoms with Gasteiger partial charge in [0.1, 0.15) is 0 Å². The molecule has 98 valence electrons. The zero-order chi connectivity index (χ0) is 13.3. The number of anilines is 1. The highest BCUT2D eigenvalue weighted by Gasteiger charge is 2.21. The molecule has 2 rings (SSSR count). The molecule has 0 unspecified atom stereocenters. The molecule has 1 heterocycles. The highest BCUT2D eigenvalue weighted by molar-refractivity contribution is 5.95. The predicted molar refractivity (Wildman–Crippen MR) is 75.0 cm³/mol. The van der Waals surface area contributed by atoms with E-state index in [4.69, 9.17) is 0 Å². The zero-order valence-electron chi connectivity index (χ0n) is 11.7. The van der Waals surface area contributed by atoms with Crippen LogP contribution >= 0.6 is 0 Å². The Morgan fingerprint density at radius 2 is 2.06 bits per heavy atom. The highest BCUT2D eigenvalue weighted by Crippen LogP contribution is 2.24. The van der Waals surface area contributed by atoms with Gasteiger partial charge in [-0.15, -0.1) is 0 Å². The molecule has 1 aromatic carbocycles. The summed E-state index contributed by atoms with van der Waals surface area (Å²) < 4.78 is 0. The molecule has 1 N–H and O–H groups in total. The van der Waals surface area contributed by atoms with Gasteiger partial charge >= 0.3 is 0 Å². The minimum atomic E-state index is 0.117. The van der Waals surface area contributed by atoms with E-state index < -0.39 is 0 Å². The van der Waals surface area contributed by atoms with Crippen molar-refractivity contribution in [1.82, 2.24) is 4.90 Å². The van der Waals surface area contributed by atoms with E-state index in [9.17, 15) is 4.79 Å². The van der Waals surface area contributed by atoms with Crippen molar-refractivity contribution in [3.05, 3.63) is 29.3 Å². The summed E-state index contributed by atoms with van der Waals surface area (Å²) in [5.41, 5.74) is 3.23. The van der Waals surface area contributed by atoms with E-state index in [1.165, 1.54) is 11.3 Å². The zero-order valence-corrected chi connectivity index (χ0v) is 11.7. The van der Waals surface area contributed by atoms with E-state index in [1.54, 1.807) is 0 Å². The first-order chi connectivity index (χ1) is 8.50. The lowest BCUT2D eigenvalue weighted by atomic mass is 10.0. The Hall–Kier alpha value is -1.51. The van der Waals surface area contributed by atoms with Crippen molar-refractivity contribution < 1.29 is 4.79 Å². The SMILES string of the molecule is CC(C)[C@@H](C)N(C)C(=O)c1ccc2c(c1)CCN2. The third-order valence-electron chi connectivity index (χ3n) is 3.96. The molecule has 1 amide bonds. The summed E-state index contributed by atoms with van der Waals surface area (Å²) in [5.74, 6) is 0.584. The van der Waals surface area contributed by atoms with Crippen LogP contribution in [0.3, 0.4) is 0 Å². The molecule has 1 aromatic rings. The minimum absolute atomic E-state index is 0.117. The molecule has 0 bridgehead atoms. The van der Waals surface area contributed by atoms with Crippen molar-refractivity contribution in [2.24, 2.45) is 5.92 Å². The normalized spacial score (nSPS) is 15.2. The molecular formula is C15H22N2O. The summed E-state index contributed by atoms with van der Waals surface area (Å²) >= 11 is 0. The van der Waals surface area contributed by atoms with Gasteiger partial charge in [0.2, 0.25) is 0 Å². The van der Waals surface area contributed by atoms with Crippen molar-refractivity contribution in [3.8, 4) is 0 Å². The van der Waals surface area contributed by atoms with E-state index in [1.807, 2.05) is 30.1 Å². The van der Waals surface area contributed by atoms with Crippen molar-refractivity contribution in [2.75, 3.05) is 18.9 Å². The summed E-state index contributed by atoms with van der Waals surface area (Å²) in [6.07, 6.45) is 1.01. The van der Waals surface area contributed by atoms with Crippen LogP contribution in [0.1, 0.15) is 36.7 Å². The molecule has 1 atom stereocenters. The molecule has 3 nitrogen and oxygen atoms in total. The first kappa shape index (κ1) is 12.9. The van der Waals surface area contributed by atoms with Crippen LogP contribution in [-0.4, -0.2) is 30.4 Å². The fourth-order valence-electron chi connectivity index (χ4n) is 2.27. The smallest absolute Gasteiger partial charge is 0.253 e. The highest BCUT2D eigenvalue weighted by atomic mass is 16.2. The number of carbonyl (C=O) groups is 1. The summed E-state index contributed by atoms with van der Waals surface area (Å²) in [7, 11) is 1.89. The summed E-state index contributed by atoms with van der Waals surface area (Å²) in [4.78, 5) is 14.2. The van der Waals surface area contributed by atoms with E-state index in [-0.39, 0.29) is 11.9 Å². The Morgan fingerprint density at radius 3 is 2.72 bits per heavy atom. The van der Waals surface area contributed by atoms with Crippen molar-refractivity contribution >= 4 is 11.6 Å². The monoisotopic (exact) mass is 246 g/mol. The molecule has 0 fully saturated rings. The number of amides is 1. The molecule has 1 aliphatic heterocycles. The number of fused-ring (bicyclic) bond motifs is 1. The van der Waals surface area contributed by atoms with Crippen LogP contribution in [0.25, 0.3) is 0 Å². The second-order valence-electron chi connectivity index (χ2n) is 5.45.